The number of anilines is 1. The molecule has 134 valence electrons. The lowest BCUT2D eigenvalue weighted by atomic mass is 10.1. The van der Waals surface area contributed by atoms with Crippen LogP contribution in [0.15, 0.2) is 40.8 Å². The Morgan fingerprint density at radius 3 is 2.56 bits per heavy atom. The lowest BCUT2D eigenvalue weighted by Crippen LogP contribution is -2.44. The van der Waals surface area contributed by atoms with Crippen LogP contribution in [-0.4, -0.2) is 43.8 Å². The number of carbonyl (C=O) groups excluding carboxylic acids is 1. The Labute approximate surface area is 152 Å². The van der Waals surface area contributed by atoms with Gasteiger partial charge >= 0.3 is 6.03 Å². The molecule has 2 aromatic rings. The average Bonchev–Trinajstić information content (AvgIpc) is 3.04. The third-order valence-corrected chi connectivity index (χ3v) is 4.39. The first-order valence-electron chi connectivity index (χ1n) is 8.30. The number of nitrogens with zero attached hydrogens (tertiary/aromatic N) is 1. The predicted octanol–water partition coefficient (Wildman–Crippen LogP) is 3.44. The van der Waals surface area contributed by atoms with E-state index in [0.29, 0.717) is 30.5 Å². The van der Waals surface area contributed by atoms with Crippen molar-refractivity contribution in [1.29, 1.82) is 0 Å². The summed E-state index contributed by atoms with van der Waals surface area (Å²) in [5, 5.41) is 6.36. The molecule has 0 saturated carbocycles. The van der Waals surface area contributed by atoms with Crippen molar-refractivity contribution in [3.05, 3.63) is 52.9 Å². The molecule has 1 aromatic heterocycles. The fourth-order valence-electron chi connectivity index (χ4n) is 2.83. The van der Waals surface area contributed by atoms with Crippen LogP contribution < -0.4 is 10.6 Å². The van der Waals surface area contributed by atoms with Gasteiger partial charge in [0.05, 0.1) is 19.3 Å². The van der Waals surface area contributed by atoms with Gasteiger partial charge in [-0.05, 0) is 43.3 Å². The second-order valence-electron chi connectivity index (χ2n) is 5.95. The zero-order chi connectivity index (χ0) is 17.6. The molecule has 0 aliphatic carbocycles. The number of ether oxygens (including phenoxy) is 1. The van der Waals surface area contributed by atoms with E-state index in [9.17, 15) is 4.79 Å². The number of benzene rings is 1. The minimum absolute atomic E-state index is 0.0198. The summed E-state index contributed by atoms with van der Waals surface area (Å²) < 4.78 is 11.2. The van der Waals surface area contributed by atoms with Crippen molar-refractivity contribution in [3.63, 3.8) is 0 Å². The van der Waals surface area contributed by atoms with Gasteiger partial charge in [-0.2, -0.15) is 0 Å². The number of morpholine rings is 1. The highest BCUT2D eigenvalue weighted by Gasteiger charge is 2.25. The number of urea groups is 1. The summed E-state index contributed by atoms with van der Waals surface area (Å²) in [5.41, 5.74) is 0.693. The first kappa shape index (κ1) is 17.8. The number of hydrogen-bond acceptors (Lipinski definition) is 4. The summed E-state index contributed by atoms with van der Waals surface area (Å²) >= 11 is 5.85. The highest BCUT2D eigenvalue weighted by Crippen LogP contribution is 2.23. The van der Waals surface area contributed by atoms with Gasteiger partial charge < -0.3 is 19.8 Å². The second-order valence-corrected chi connectivity index (χ2v) is 6.39. The fourth-order valence-corrected chi connectivity index (χ4v) is 2.96. The molecule has 25 heavy (non-hydrogen) atoms. The van der Waals surface area contributed by atoms with E-state index < -0.39 is 0 Å². The lowest BCUT2D eigenvalue weighted by Gasteiger charge is -2.33. The SMILES string of the molecule is Cc1ccc([C@@H](CNC(=O)Nc2ccc(Cl)cc2)N2CCOCC2)o1. The van der Waals surface area contributed by atoms with E-state index in [1.54, 1.807) is 24.3 Å². The Morgan fingerprint density at radius 1 is 1.20 bits per heavy atom. The normalized spacial score (nSPS) is 16.4. The molecule has 2 amide bonds. The minimum atomic E-state index is -0.260. The quantitative estimate of drug-likeness (QED) is 0.854. The van der Waals surface area contributed by atoms with E-state index in [-0.39, 0.29) is 12.1 Å². The molecule has 1 atom stereocenters. The number of aryl methyl sites for hydroxylation is 1. The van der Waals surface area contributed by atoms with Crippen LogP contribution in [0, 0.1) is 6.92 Å². The molecular formula is C18H22ClN3O3. The second kappa shape index (κ2) is 8.38. The van der Waals surface area contributed by atoms with Crippen molar-refractivity contribution in [2.45, 2.75) is 13.0 Å². The maximum absolute atomic E-state index is 12.2. The molecule has 1 fully saturated rings. The van der Waals surface area contributed by atoms with Gasteiger partial charge in [0.2, 0.25) is 0 Å². The molecule has 2 N–H and O–H groups in total. The summed E-state index contributed by atoms with van der Waals surface area (Å²) in [6, 6.07) is 10.6. The maximum Gasteiger partial charge on any atom is 0.319 e. The number of rotatable bonds is 5. The van der Waals surface area contributed by atoms with Crippen molar-refractivity contribution in [2.75, 3.05) is 38.2 Å². The van der Waals surface area contributed by atoms with Crippen LogP contribution in [0.5, 0.6) is 0 Å². The molecule has 2 heterocycles. The molecule has 3 rings (SSSR count). The van der Waals surface area contributed by atoms with Crippen LogP contribution in [0.3, 0.4) is 0 Å². The first-order chi connectivity index (χ1) is 12.1. The largest absolute Gasteiger partial charge is 0.465 e. The third-order valence-electron chi connectivity index (χ3n) is 4.13. The molecule has 1 aliphatic heterocycles. The van der Waals surface area contributed by atoms with Crippen molar-refractivity contribution >= 4 is 23.3 Å². The standard InChI is InChI=1S/C18H22ClN3O3/c1-13-2-7-17(25-13)16(22-8-10-24-11-9-22)12-20-18(23)21-15-5-3-14(19)4-6-15/h2-7,16H,8-12H2,1H3,(H2,20,21,23)/t16-/m1/s1. The molecule has 7 heteroatoms. The van der Waals surface area contributed by atoms with Gasteiger partial charge in [-0.3, -0.25) is 4.90 Å². The zero-order valence-corrected chi connectivity index (χ0v) is 14.9. The zero-order valence-electron chi connectivity index (χ0n) is 14.1. The minimum Gasteiger partial charge on any atom is -0.465 e. The van der Waals surface area contributed by atoms with E-state index in [2.05, 4.69) is 15.5 Å². The van der Waals surface area contributed by atoms with Gasteiger partial charge in [-0.25, -0.2) is 4.79 Å². The van der Waals surface area contributed by atoms with Crippen molar-refractivity contribution < 1.29 is 13.9 Å². The Kier molecular flexibility index (Phi) is 5.96. The van der Waals surface area contributed by atoms with Crippen LogP contribution in [0.4, 0.5) is 10.5 Å². The Bertz CT molecular complexity index is 696. The predicted molar refractivity (Wildman–Crippen MR) is 97.1 cm³/mol. The molecule has 0 bridgehead atoms. The fraction of sp³-hybridized carbons (Fsp3) is 0.389. The van der Waals surface area contributed by atoms with E-state index in [4.69, 9.17) is 20.8 Å². The van der Waals surface area contributed by atoms with Crippen molar-refractivity contribution in [2.24, 2.45) is 0 Å². The Hall–Kier alpha value is -2.02. The van der Waals surface area contributed by atoms with E-state index in [0.717, 1.165) is 24.6 Å². The topological polar surface area (TPSA) is 66.7 Å². The molecule has 1 aliphatic rings. The van der Waals surface area contributed by atoms with Gasteiger partial charge in [-0.15, -0.1) is 0 Å². The number of hydrogen-bond donors (Lipinski definition) is 2. The number of furan rings is 1. The highest BCUT2D eigenvalue weighted by molar-refractivity contribution is 6.30. The number of carbonyl (C=O) groups is 1. The monoisotopic (exact) mass is 363 g/mol. The average molecular weight is 364 g/mol. The molecule has 1 aromatic carbocycles. The molecule has 0 radical (unpaired) electrons. The number of nitrogens with one attached hydrogen (secondary N) is 2. The first-order valence-corrected chi connectivity index (χ1v) is 8.68. The van der Waals surface area contributed by atoms with Crippen LogP contribution in [0.2, 0.25) is 5.02 Å². The van der Waals surface area contributed by atoms with Crippen LogP contribution in [-0.2, 0) is 4.74 Å². The van der Waals surface area contributed by atoms with Gasteiger partial charge in [0.1, 0.15) is 11.5 Å². The van der Waals surface area contributed by atoms with Gasteiger partial charge in [0.15, 0.2) is 0 Å². The lowest BCUT2D eigenvalue weighted by molar-refractivity contribution is 0.0122. The third kappa shape index (κ3) is 4.98. The van der Waals surface area contributed by atoms with Crippen LogP contribution >= 0.6 is 11.6 Å². The van der Waals surface area contributed by atoms with Gasteiger partial charge in [-0.1, -0.05) is 11.6 Å². The van der Waals surface area contributed by atoms with Crippen LogP contribution in [0.25, 0.3) is 0 Å². The number of halogens is 1. The smallest absolute Gasteiger partial charge is 0.319 e. The molecular weight excluding hydrogens is 342 g/mol. The van der Waals surface area contributed by atoms with Crippen LogP contribution in [0.1, 0.15) is 17.6 Å². The van der Waals surface area contributed by atoms with Gasteiger partial charge in [0.25, 0.3) is 0 Å². The number of amides is 2. The van der Waals surface area contributed by atoms with Crippen molar-refractivity contribution in [1.82, 2.24) is 10.2 Å². The summed E-state index contributed by atoms with van der Waals surface area (Å²) in [6.45, 7) is 5.36. The van der Waals surface area contributed by atoms with E-state index >= 15 is 0 Å². The highest BCUT2D eigenvalue weighted by atomic mass is 35.5. The summed E-state index contributed by atoms with van der Waals surface area (Å²) in [7, 11) is 0. The summed E-state index contributed by atoms with van der Waals surface area (Å²) in [6.07, 6.45) is 0. The van der Waals surface area contributed by atoms with Crippen molar-refractivity contribution in [3.8, 4) is 0 Å². The Balaban J connectivity index is 1.61. The summed E-state index contributed by atoms with van der Waals surface area (Å²) in [5.74, 6) is 1.71. The van der Waals surface area contributed by atoms with E-state index in [1.807, 2.05) is 19.1 Å². The molecule has 0 spiro atoms. The molecule has 0 unspecified atom stereocenters. The molecule has 1 saturated heterocycles. The maximum atomic E-state index is 12.2. The van der Waals surface area contributed by atoms with E-state index in [1.165, 1.54) is 0 Å². The van der Waals surface area contributed by atoms with Gasteiger partial charge in [0, 0.05) is 30.3 Å². The summed E-state index contributed by atoms with van der Waals surface area (Å²) in [4.78, 5) is 14.5. The molecule has 6 nitrogen and oxygen atoms in total. The Morgan fingerprint density at radius 2 is 1.92 bits per heavy atom.